The Balaban J connectivity index is 0.000000202. The van der Waals surface area contributed by atoms with Gasteiger partial charge >= 0.3 is 66.6 Å². The van der Waals surface area contributed by atoms with Crippen LogP contribution in [0.2, 0.25) is 0 Å². The number of nitrogens with zero attached hydrogens (tertiary/aromatic N) is 1. The molecule has 0 bridgehead atoms. The summed E-state index contributed by atoms with van der Waals surface area (Å²) in [5.41, 5.74) is 15.5. The van der Waals surface area contributed by atoms with E-state index in [2.05, 4.69) is 60.9 Å². The Kier molecular flexibility index (Phi) is 30.4. The fraction of sp³-hybridized carbons (Fsp3) is 0.266. The third-order valence-electron chi connectivity index (χ3n) is 17.6. The van der Waals surface area contributed by atoms with Crippen molar-refractivity contribution in [3.63, 3.8) is 0 Å². The van der Waals surface area contributed by atoms with Gasteiger partial charge in [0.15, 0.2) is 30.9 Å². The van der Waals surface area contributed by atoms with E-state index < -0.39 is 128 Å². The number of carbonyl (C=O) groups is 10. The molecule has 6 heterocycles. The fourth-order valence-electron chi connectivity index (χ4n) is 11.6. The molecule has 6 aliphatic rings. The lowest BCUT2D eigenvalue weighted by Gasteiger charge is -2.31. The summed E-state index contributed by atoms with van der Waals surface area (Å²) < 4.78 is 218. The summed E-state index contributed by atoms with van der Waals surface area (Å²) in [6, 6.07) is 35.3. The number of nitrogens with two attached hydrogens (primary N) is 2. The Bertz CT molecular complexity index is 5040. The molecular formula is C79H70BrF14N7O20. The number of aryl methyl sites for hydroxylation is 1. The fourth-order valence-corrected chi connectivity index (χ4v) is 12.1. The number of fused-ring (bicyclic) bond motifs is 4. The molecule has 2 unspecified atom stereocenters. The maximum atomic E-state index is 13.4. The average molecular weight is 1790 g/mol. The van der Waals surface area contributed by atoms with E-state index in [0.29, 0.717) is 68.7 Å². The molecule has 2 atom stereocenters. The molecule has 2 fully saturated rings. The van der Waals surface area contributed by atoms with E-state index in [-0.39, 0.29) is 95.4 Å². The third-order valence-corrected chi connectivity index (χ3v) is 18.2. The van der Waals surface area contributed by atoms with E-state index in [4.69, 9.17) is 38.9 Å². The first-order valence-electron chi connectivity index (χ1n) is 35.9. The van der Waals surface area contributed by atoms with Gasteiger partial charge in [-0.15, -0.1) is 0 Å². The highest BCUT2D eigenvalue weighted by molar-refractivity contribution is 9.08. The number of urea groups is 2. The molecule has 7 amide bonds. The minimum atomic E-state index is -4.46. The van der Waals surface area contributed by atoms with Crippen LogP contribution in [-0.4, -0.2) is 147 Å². The first-order chi connectivity index (χ1) is 57.9. The van der Waals surface area contributed by atoms with Crippen molar-refractivity contribution in [3.05, 3.63) is 253 Å². The van der Waals surface area contributed by atoms with Crippen molar-refractivity contribution in [1.82, 2.24) is 26.2 Å². The highest BCUT2D eigenvalue weighted by Gasteiger charge is 2.51. The number of phenols is 1. The van der Waals surface area contributed by atoms with Crippen molar-refractivity contribution in [2.75, 3.05) is 52.9 Å². The lowest BCUT2D eigenvalue weighted by molar-refractivity contribution is -0.154. The Morgan fingerprint density at radius 1 is 0.521 bits per heavy atom. The number of carbonyl (C=O) groups excluding carboxylic acids is 10. The molecule has 2 saturated heterocycles. The number of hydrogen-bond donors (Lipinski definition) is 8. The highest BCUT2D eigenvalue weighted by atomic mass is 79.9. The number of hydrogen-bond acceptors (Lipinski definition) is 22. The van der Waals surface area contributed by atoms with Gasteiger partial charge in [0.2, 0.25) is 0 Å². The number of anilines is 1. The van der Waals surface area contributed by atoms with Crippen LogP contribution in [0.1, 0.15) is 122 Å². The lowest BCUT2D eigenvalue weighted by atomic mass is 9.89. The second-order valence-electron chi connectivity index (χ2n) is 26.0. The zero-order valence-corrected chi connectivity index (χ0v) is 64.3. The molecule has 0 saturated carbocycles. The number of ether oxygens (including phenoxy) is 8. The number of cyclic esters (lactones) is 3. The van der Waals surface area contributed by atoms with Gasteiger partial charge in [0, 0.05) is 55.8 Å². The van der Waals surface area contributed by atoms with E-state index in [1.54, 1.807) is 36.4 Å². The summed E-state index contributed by atoms with van der Waals surface area (Å²) in [5.74, 6) is -5.18. The number of aromatic hydroxyl groups is 1. The van der Waals surface area contributed by atoms with E-state index in [0.717, 1.165) is 36.4 Å². The Morgan fingerprint density at radius 2 is 0.934 bits per heavy atom. The zero-order chi connectivity index (χ0) is 91.1. The first-order valence-corrected chi connectivity index (χ1v) is 36.0. The minimum absolute atomic E-state index is 0.00919. The summed E-state index contributed by atoms with van der Waals surface area (Å²) in [7, 11) is 2.33. The van der Waals surface area contributed by atoms with Crippen LogP contribution in [0.15, 0.2) is 158 Å². The topological polar surface area (TPSA) is 388 Å². The standard InChI is InChI=1S/C21H17F4N3O3.C11H10BrF3O3.C11H11F3O4.C10H7F3O3.C10H10FN3O2.C8H7NO2.C8H6O3.H2/c22-15-5-3-14(4-6-15)20(18(30)26-19(31)27-20)11-28-10-13-2-1-12(7-8-21(23,24)25)9-16(13)17(28)29;1-17-10(16)9-4-8(3-2-7(9)5-12)18-6-11(13,14)15;1-17-10(16)9-4-8(3-2-7(9)5-15)18-6-11(12,13)14;11-10(12,13)5-16-7-2-1-6-4-15-9(14)8(6)3-7;11-7-3-1-6(2-4-7)10(5-12)8(15)13-9(16)14-10;2*9-6-2-1-5-4-11-8(10)7(5)3-6;/h1-6,9H,7-8,10-11H2,(H2,26,27,30,31);2-4H,5-6H2,1H3;2-4,15H,5-6H2,1H3;1-3H,4-5H2;1-4H,5,12H2,(H2,13,14,15,16);1-3H,4,9H2;1-3,9H,4H2;1H/i;;;;;;;1+1D. The summed E-state index contributed by atoms with van der Waals surface area (Å²) >= 11 is 3.17. The SMILES string of the molecule is COC(=O)c1cc(OCC(F)(F)F)ccc1CBr.COC(=O)c1cc(OCC(F)(F)F)ccc1CO.NCC1(c2ccc(F)cc2)NC(=O)NC1=O.Nc1ccc2c(c1)C(=O)OC2.O=C1NC(=O)C(CN2Cc3ccc(CCC(F)(F)F)cc3C2=O)(c2ccc(F)cc2)N1.O=C1OCc2ccc(O)cc21.O=C1OCc2ccc(OCC(F)(F)F)cc21.[2H][2H]. The first kappa shape index (κ1) is 91.8. The molecule has 646 valence electrons. The molecule has 14 rings (SSSR count). The predicted molar refractivity (Wildman–Crippen MR) is 398 cm³/mol. The number of nitrogen functional groups attached to an aromatic ring is 1. The number of benzene rings is 8. The van der Waals surface area contributed by atoms with Gasteiger partial charge in [0.1, 0.15) is 54.5 Å². The van der Waals surface area contributed by atoms with Gasteiger partial charge in [-0.05, 0) is 131 Å². The molecule has 42 heteroatoms. The largest absolute Gasteiger partial charge is 0.508 e. The number of methoxy groups -OCH3 is 2. The van der Waals surface area contributed by atoms with Crippen LogP contribution in [0.3, 0.4) is 0 Å². The van der Waals surface area contributed by atoms with Crippen LogP contribution >= 0.6 is 15.9 Å². The molecule has 6 aliphatic heterocycles. The highest BCUT2D eigenvalue weighted by Crippen LogP contribution is 2.35. The molecule has 8 aromatic carbocycles. The number of amides is 7. The maximum absolute atomic E-state index is 13.4. The number of aliphatic hydroxyl groups is 1. The minimum Gasteiger partial charge on any atom is -0.508 e. The van der Waals surface area contributed by atoms with Crippen molar-refractivity contribution in [2.45, 2.75) is 86.9 Å². The van der Waals surface area contributed by atoms with Crippen molar-refractivity contribution in [3.8, 4) is 23.0 Å². The quantitative estimate of drug-likeness (QED) is 0.0105. The van der Waals surface area contributed by atoms with E-state index in [9.17, 15) is 109 Å². The molecule has 8 aromatic rings. The molecule has 0 aliphatic carbocycles. The van der Waals surface area contributed by atoms with Gasteiger partial charge in [-0.3, -0.25) is 25.0 Å². The number of rotatable bonds is 17. The smallest absolute Gasteiger partial charge is 0.422 e. The number of imide groups is 2. The molecule has 27 nitrogen and oxygen atoms in total. The number of esters is 5. The van der Waals surface area contributed by atoms with Crippen molar-refractivity contribution in [2.24, 2.45) is 5.73 Å². The van der Waals surface area contributed by atoms with Crippen molar-refractivity contribution >= 4 is 81.2 Å². The third kappa shape index (κ3) is 25.7. The summed E-state index contributed by atoms with van der Waals surface area (Å²) in [4.78, 5) is 117. The Labute approximate surface area is 686 Å². The Hall–Kier alpha value is -13.1. The molecular weight excluding hydrogens is 1710 g/mol. The monoisotopic (exact) mass is 1780 g/mol. The van der Waals surface area contributed by atoms with Crippen LogP contribution in [-0.2, 0) is 89.1 Å². The molecule has 0 spiro atoms. The summed E-state index contributed by atoms with van der Waals surface area (Å²) in [5, 5.41) is 27.6. The van der Waals surface area contributed by atoms with Crippen molar-refractivity contribution < 1.29 is 160 Å². The van der Waals surface area contributed by atoms with E-state index in [1.165, 1.54) is 109 Å². The number of aliphatic hydroxyl groups excluding tert-OH is 1. The van der Waals surface area contributed by atoms with E-state index >= 15 is 0 Å². The van der Waals surface area contributed by atoms with Crippen LogP contribution in [0, 0.1) is 11.6 Å². The zero-order valence-electron chi connectivity index (χ0n) is 64.7. The van der Waals surface area contributed by atoms with Gasteiger partial charge in [-0.2, -0.15) is 52.7 Å². The van der Waals surface area contributed by atoms with Crippen molar-refractivity contribution in [1.29, 1.82) is 0 Å². The van der Waals surface area contributed by atoms with Crippen LogP contribution in [0.4, 0.5) is 76.7 Å². The number of alkyl halides is 13. The number of nitrogens with one attached hydrogen (secondary N) is 4. The van der Waals surface area contributed by atoms with E-state index in [1.807, 2.05) is 6.07 Å². The van der Waals surface area contributed by atoms with Gasteiger partial charge in [0.25, 0.3) is 17.7 Å². The second kappa shape index (κ2) is 40.1. The number of halogens is 15. The molecule has 10 N–H and O–H groups in total. The summed E-state index contributed by atoms with van der Waals surface area (Å²) in [6.07, 6.45) is -18.8. The van der Waals surface area contributed by atoms with Gasteiger partial charge < -0.3 is 75.1 Å². The summed E-state index contributed by atoms with van der Waals surface area (Å²) in [6.45, 7) is -3.97. The van der Waals surface area contributed by atoms with Crippen LogP contribution in [0.5, 0.6) is 23.0 Å². The predicted octanol–water partition coefficient (Wildman–Crippen LogP) is 12.6. The molecule has 0 radical (unpaired) electrons. The van der Waals surface area contributed by atoms with Crippen LogP contribution in [0.25, 0.3) is 0 Å². The normalized spacial score (nSPS) is 16.4. The maximum Gasteiger partial charge on any atom is 0.422 e. The molecule has 0 aromatic heterocycles. The molecule has 121 heavy (non-hydrogen) atoms. The van der Waals surface area contributed by atoms with Gasteiger partial charge in [-0.1, -0.05) is 82.7 Å². The van der Waals surface area contributed by atoms with Gasteiger partial charge in [0.05, 0.1) is 55.2 Å². The average Bonchev–Trinajstić information content (AvgIpc) is 1.60. The second-order valence-corrected chi connectivity index (χ2v) is 26.6. The lowest BCUT2D eigenvalue weighted by Crippen LogP contribution is -2.52. The number of phenolic OH excluding ortho intramolecular Hbond substituents is 1. The van der Waals surface area contributed by atoms with Crippen LogP contribution < -0.4 is 46.9 Å². The Morgan fingerprint density at radius 3 is 1.37 bits per heavy atom. The van der Waals surface area contributed by atoms with Gasteiger partial charge in [-0.25, -0.2) is 42.3 Å².